The Bertz CT molecular complexity index is 1970. The topological polar surface area (TPSA) is 463 Å². The number of carbonyl (C=O) groups is 11. The van der Waals surface area contributed by atoms with E-state index in [1.165, 1.54) is 13.8 Å². The highest BCUT2D eigenvalue weighted by Gasteiger charge is 2.38. The normalized spacial score (nSPS) is 24.1. The number of hydrogen-bond donors (Lipinski definition) is 16. The van der Waals surface area contributed by atoms with Crippen molar-refractivity contribution in [2.24, 2.45) is 40.9 Å². The van der Waals surface area contributed by atoms with Crippen molar-refractivity contribution in [1.29, 1.82) is 0 Å². The molecule has 446 valence electrons. The van der Waals surface area contributed by atoms with E-state index in [-0.39, 0.29) is 69.9 Å². The molecule has 0 aliphatic carbocycles. The molecule has 1 aliphatic heterocycles. The first kappa shape index (κ1) is 70.5. The van der Waals surface area contributed by atoms with Crippen molar-refractivity contribution in [2.75, 3.05) is 39.4 Å². The summed E-state index contributed by atoms with van der Waals surface area (Å²) >= 11 is 0. The maximum absolute atomic E-state index is 14.3. The van der Waals surface area contributed by atoms with Crippen LogP contribution in [0.4, 0.5) is 0 Å². The van der Waals surface area contributed by atoms with Crippen LogP contribution in [0.3, 0.4) is 0 Å². The molecule has 0 unspecified atom stereocenters. The summed E-state index contributed by atoms with van der Waals surface area (Å²) in [5.41, 5.74) is 17.3. The van der Waals surface area contributed by atoms with E-state index in [0.29, 0.717) is 6.42 Å². The zero-order chi connectivity index (χ0) is 59.2. The van der Waals surface area contributed by atoms with E-state index in [2.05, 4.69) is 49.5 Å². The maximum atomic E-state index is 14.3. The highest BCUT2D eigenvalue weighted by Crippen LogP contribution is 2.20. The molecule has 0 saturated carbocycles. The molecule has 27 heteroatoms. The fourth-order valence-electron chi connectivity index (χ4n) is 8.68. The van der Waals surface area contributed by atoms with Gasteiger partial charge in [0.25, 0.3) is 0 Å². The summed E-state index contributed by atoms with van der Waals surface area (Å²) in [4.78, 5) is 151. The molecule has 1 aliphatic rings. The number of ketones is 3. The second kappa shape index (κ2) is 37.3. The Morgan fingerprint density at radius 3 is 1.76 bits per heavy atom. The Hall–Kier alpha value is -5.55. The minimum atomic E-state index is -1.78. The number of hydrogen-bond acceptors (Lipinski definition) is 19. The van der Waals surface area contributed by atoms with Gasteiger partial charge in [-0.15, -0.1) is 0 Å². The Morgan fingerprint density at radius 2 is 1.21 bits per heavy atom. The molecule has 0 aromatic rings. The fraction of sp³-hybridized carbons (Fsp3) is 0.784. The van der Waals surface area contributed by atoms with Crippen LogP contribution in [0.5, 0.6) is 0 Å². The maximum Gasteiger partial charge on any atom is 0.245 e. The third-order valence-electron chi connectivity index (χ3n) is 13.2. The number of Topliss-reactive ketones (excluding diaryl/α,β-unsaturated/α-hetero) is 3. The summed E-state index contributed by atoms with van der Waals surface area (Å²) in [6.07, 6.45) is -2.29. The van der Waals surface area contributed by atoms with Crippen molar-refractivity contribution in [3.05, 3.63) is 0 Å². The van der Waals surface area contributed by atoms with Gasteiger partial charge in [-0.05, 0) is 84.8 Å². The predicted molar refractivity (Wildman–Crippen MR) is 284 cm³/mol. The highest BCUT2D eigenvalue weighted by molar-refractivity contribution is 5.99. The zero-order valence-electron chi connectivity index (χ0n) is 46.2. The van der Waals surface area contributed by atoms with Gasteiger partial charge in [-0.1, -0.05) is 46.5 Å². The standard InChI is InChI=1S/C51H91N11O16/c1-7-8-9-10-11-12-34(68)22-31(13-17-52)44(71)60-41(28(4)65)40(70)24-33(25-63)46(73)57-37-16-20-55-50(77)42(29(5)66)62-49(76)38(26-64)59-47(74)36(15-19-54)58-51(78)43(30(6)67)61-45(72)32(21-27(2)3)23-39(69)35(14-18-53)56-48(37)75/h27-33,35-38,41-43,63-67H,7-26,52-54H2,1-6H3,(H,55,77)(H,56,75)(H,57,73)(H,58,78)(H,59,74)(H,60,71)(H,61,72)(H,62,76)/t28-,29-,30-,31-,32+,33-,35+,36+,37+,38+,41+,42+,43+/m1/s1. The molecule has 8 amide bonds. The number of rotatable bonds is 28. The van der Waals surface area contributed by atoms with Gasteiger partial charge < -0.3 is 85.3 Å². The van der Waals surface area contributed by atoms with Crippen molar-refractivity contribution in [3.8, 4) is 0 Å². The van der Waals surface area contributed by atoms with Gasteiger partial charge in [0, 0.05) is 44.1 Å². The molecule has 1 fully saturated rings. The van der Waals surface area contributed by atoms with Gasteiger partial charge >= 0.3 is 0 Å². The van der Waals surface area contributed by atoms with Crippen molar-refractivity contribution in [1.82, 2.24) is 42.5 Å². The lowest BCUT2D eigenvalue weighted by Crippen LogP contribution is -2.61. The number of aliphatic hydroxyl groups excluding tert-OH is 5. The largest absolute Gasteiger partial charge is 0.396 e. The second-order valence-corrected chi connectivity index (χ2v) is 20.6. The average molecular weight is 1110 g/mol. The van der Waals surface area contributed by atoms with Crippen molar-refractivity contribution in [3.63, 3.8) is 0 Å². The molecule has 0 bridgehead atoms. The van der Waals surface area contributed by atoms with Crippen LogP contribution in [-0.2, 0) is 52.7 Å². The quantitative estimate of drug-likeness (QED) is 0.0327. The first-order valence-corrected chi connectivity index (χ1v) is 27.1. The van der Waals surface area contributed by atoms with Crippen LogP contribution in [0.15, 0.2) is 0 Å². The average Bonchev–Trinajstić information content (AvgIpc) is 3.37. The van der Waals surface area contributed by atoms with Gasteiger partial charge in [-0.25, -0.2) is 0 Å². The Kier molecular flexibility index (Phi) is 33.7. The summed E-state index contributed by atoms with van der Waals surface area (Å²) in [6.45, 7) is 6.17. The van der Waals surface area contributed by atoms with Crippen LogP contribution in [0.25, 0.3) is 0 Å². The SMILES string of the molecule is CCCCCCCC(=O)C[C@@H](CCN)C(=O)N[C@H](C(=O)C[C@H](CO)C(=O)N[C@H]1CCNC(=O)[C@H]([C@@H](C)O)NC(=O)[C@H](CO)NC(=O)[C@H](CCN)NC(=O)[C@H]([C@@H](C)O)NC(=O)[C@@H](CC(C)C)CC(=O)[C@H](CCN)NC1=O)[C@@H](C)O. The van der Waals surface area contributed by atoms with Crippen LogP contribution in [-0.4, -0.2) is 190 Å². The van der Waals surface area contributed by atoms with E-state index in [1.807, 2.05) is 0 Å². The van der Waals surface area contributed by atoms with E-state index in [1.54, 1.807) is 13.8 Å². The van der Waals surface area contributed by atoms with E-state index in [9.17, 15) is 78.3 Å². The van der Waals surface area contributed by atoms with Crippen molar-refractivity contribution >= 4 is 64.6 Å². The molecule has 13 atom stereocenters. The summed E-state index contributed by atoms with van der Waals surface area (Å²) in [7, 11) is 0. The Morgan fingerprint density at radius 1 is 0.641 bits per heavy atom. The molecule has 1 saturated heterocycles. The molecule has 19 N–H and O–H groups in total. The van der Waals surface area contributed by atoms with Gasteiger partial charge in [0.15, 0.2) is 11.6 Å². The Labute approximate surface area is 456 Å². The summed E-state index contributed by atoms with van der Waals surface area (Å²) in [5.74, 6) is -13.9. The van der Waals surface area contributed by atoms with Crippen molar-refractivity contribution < 1.29 is 78.3 Å². The number of nitrogens with one attached hydrogen (secondary N) is 8. The predicted octanol–water partition coefficient (Wildman–Crippen LogP) is -4.79. The molecule has 0 aromatic heterocycles. The molecule has 0 spiro atoms. The lowest BCUT2D eigenvalue weighted by Gasteiger charge is -2.28. The molecule has 1 rings (SSSR count). The zero-order valence-corrected chi connectivity index (χ0v) is 46.2. The van der Waals surface area contributed by atoms with Crippen LogP contribution in [0, 0.1) is 23.7 Å². The number of carbonyl (C=O) groups excluding carboxylic acids is 11. The van der Waals surface area contributed by atoms with E-state index in [4.69, 9.17) is 17.2 Å². The molecule has 1 heterocycles. The van der Waals surface area contributed by atoms with Crippen LogP contribution >= 0.6 is 0 Å². The van der Waals surface area contributed by atoms with Gasteiger partial charge in [0.1, 0.15) is 42.0 Å². The summed E-state index contributed by atoms with van der Waals surface area (Å²) < 4.78 is 0. The smallest absolute Gasteiger partial charge is 0.245 e. The van der Waals surface area contributed by atoms with Gasteiger partial charge in [0.05, 0.1) is 43.5 Å². The molecular weight excluding hydrogens is 1020 g/mol. The first-order valence-electron chi connectivity index (χ1n) is 27.1. The summed E-state index contributed by atoms with van der Waals surface area (Å²) in [6, 6.07) is -11.5. The van der Waals surface area contributed by atoms with E-state index >= 15 is 0 Å². The minimum absolute atomic E-state index is 0.0317. The van der Waals surface area contributed by atoms with Crippen LogP contribution < -0.4 is 59.7 Å². The van der Waals surface area contributed by atoms with Gasteiger partial charge in [0.2, 0.25) is 47.3 Å². The molecular formula is C51H91N11O16. The van der Waals surface area contributed by atoms with E-state index in [0.717, 1.165) is 32.6 Å². The van der Waals surface area contributed by atoms with Crippen molar-refractivity contribution in [2.45, 2.75) is 192 Å². The number of nitrogens with two attached hydrogens (primary N) is 3. The Balaban J connectivity index is 3.73. The lowest BCUT2D eigenvalue weighted by molar-refractivity contribution is -0.138. The highest BCUT2D eigenvalue weighted by atomic mass is 16.3. The summed E-state index contributed by atoms with van der Waals surface area (Å²) in [5, 5.41) is 71.6. The van der Waals surface area contributed by atoms with Crippen LogP contribution in [0.2, 0.25) is 0 Å². The molecule has 27 nitrogen and oxygen atoms in total. The monoisotopic (exact) mass is 1110 g/mol. The fourth-order valence-corrected chi connectivity index (χ4v) is 8.68. The number of unbranched alkanes of at least 4 members (excludes halogenated alkanes) is 4. The third kappa shape index (κ3) is 25.1. The van der Waals surface area contributed by atoms with Gasteiger partial charge in [-0.3, -0.25) is 52.7 Å². The van der Waals surface area contributed by atoms with E-state index < -0.39 is 176 Å². The lowest BCUT2D eigenvalue weighted by atomic mass is 9.88. The third-order valence-corrected chi connectivity index (χ3v) is 13.2. The second-order valence-electron chi connectivity index (χ2n) is 20.6. The van der Waals surface area contributed by atoms with Crippen LogP contribution in [0.1, 0.15) is 131 Å². The number of amides is 8. The minimum Gasteiger partial charge on any atom is -0.396 e. The van der Waals surface area contributed by atoms with Gasteiger partial charge in [-0.2, -0.15) is 0 Å². The molecule has 0 aromatic carbocycles. The first-order chi connectivity index (χ1) is 36.8. The number of aliphatic hydroxyl groups is 5. The molecule has 0 radical (unpaired) electrons. The molecule has 78 heavy (non-hydrogen) atoms.